The van der Waals surface area contributed by atoms with E-state index in [1.165, 1.54) is 11.8 Å². The summed E-state index contributed by atoms with van der Waals surface area (Å²) in [5, 5.41) is 7.75. The van der Waals surface area contributed by atoms with Gasteiger partial charge in [-0.1, -0.05) is 40.5 Å². The van der Waals surface area contributed by atoms with Crippen LogP contribution in [0.5, 0.6) is 11.5 Å². The van der Waals surface area contributed by atoms with E-state index in [0.29, 0.717) is 50.4 Å². The second-order valence-electron chi connectivity index (χ2n) is 8.53. The number of carbonyl (C=O) groups is 1. The summed E-state index contributed by atoms with van der Waals surface area (Å²) in [6.45, 7) is 3.80. The molecule has 1 N–H and O–H groups in total. The molecular formula is C28H26Br2N4O4. The average molecular weight is 642 g/mol. The van der Waals surface area contributed by atoms with E-state index in [1.54, 1.807) is 24.4 Å². The topological polar surface area (TPSA) is 94.8 Å². The van der Waals surface area contributed by atoms with E-state index in [2.05, 4.69) is 47.3 Å². The summed E-state index contributed by atoms with van der Waals surface area (Å²) >= 11 is 6.95. The van der Waals surface area contributed by atoms with E-state index in [4.69, 9.17) is 9.47 Å². The number of hydrogen-bond donors (Lipinski definition) is 1. The van der Waals surface area contributed by atoms with Crippen LogP contribution in [0.25, 0.3) is 10.9 Å². The number of aromatic nitrogens is 2. The minimum absolute atomic E-state index is 0.196. The van der Waals surface area contributed by atoms with Gasteiger partial charge < -0.3 is 14.8 Å². The third-order valence-electron chi connectivity index (χ3n) is 5.64. The molecule has 0 saturated carbocycles. The van der Waals surface area contributed by atoms with Gasteiger partial charge in [0.2, 0.25) is 0 Å². The fourth-order valence-electron chi connectivity index (χ4n) is 3.72. The molecule has 0 spiro atoms. The minimum atomic E-state index is -0.295. The summed E-state index contributed by atoms with van der Waals surface area (Å²) < 4.78 is 14.0. The highest BCUT2D eigenvalue weighted by Crippen LogP contribution is 2.33. The molecule has 0 bridgehead atoms. The van der Waals surface area contributed by atoms with Crippen LogP contribution < -0.4 is 20.3 Å². The maximum Gasteiger partial charge on any atom is 0.282 e. The third-order valence-corrected chi connectivity index (χ3v) is 6.82. The van der Waals surface area contributed by atoms with E-state index in [1.807, 2.05) is 50.2 Å². The lowest BCUT2D eigenvalue weighted by atomic mass is 10.2. The van der Waals surface area contributed by atoms with Crippen molar-refractivity contribution in [3.63, 3.8) is 0 Å². The molecule has 0 aliphatic carbocycles. The summed E-state index contributed by atoms with van der Waals surface area (Å²) in [6.07, 6.45) is 2.97. The van der Waals surface area contributed by atoms with E-state index < -0.39 is 0 Å². The molecule has 1 heterocycles. The van der Waals surface area contributed by atoms with Gasteiger partial charge in [-0.05, 0) is 71.7 Å². The van der Waals surface area contributed by atoms with Crippen molar-refractivity contribution >= 4 is 60.6 Å². The minimum Gasteiger partial charge on any atom is -0.493 e. The molecule has 196 valence electrons. The van der Waals surface area contributed by atoms with Crippen molar-refractivity contribution in [2.45, 2.75) is 26.7 Å². The monoisotopic (exact) mass is 640 g/mol. The number of fused-ring (bicyclic) bond motifs is 1. The van der Waals surface area contributed by atoms with Crippen molar-refractivity contribution < 1.29 is 14.3 Å². The third kappa shape index (κ3) is 6.49. The molecule has 0 saturated heterocycles. The Morgan fingerprint density at radius 2 is 1.87 bits per heavy atom. The zero-order chi connectivity index (χ0) is 27.2. The molecule has 4 rings (SSSR count). The summed E-state index contributed by atoms with van der Waals surface area (Å²) in [7, 11) is 1.51. The number of halogens is 2. The van der Waals surface area contributed by atoms with E-state index in [-0.39, 0.29) is 18.1 Å². The summed E-state index contributed by atoms with van der Waals surface area (Å²) in [6, 6.07) is 16.3. The first-order chi connectivity index (χ1) is 18.3. The molecule has 4 aromatic rings. The largest absolute Gasteiger partial charge is 0.493 e. The highest BCUT2D eigenvalue weighted by atomic mass is 79.9. The summed E-state index contributed by atoms with van der Waals surface area (Å²) in [5.41, 5.74) is 2.83. The average Bonchev–Trinajstić information content (AvgIpc) is 2.90. The first-order valence-electron chi connectivity index (χ1n) is 11.9. The molecule has 3 aromatic carbocycles. The highest BCUT2D eigenvalue weighted by Gasteiger charge is 2.14. The Morgan fingerprint density at radius 3 is 2.58 bits per heavy atom. The molecule has 0 fully saturated rings. The number of carbonyl (C=O) groups excluding carboxylic acids is 1. The number of ether oxygens (including phenoxy) is 2. The van der Waals surface area contributed by atoms with Crippen LogP contribution in [0, 0.1) is 6.92 Å². The Morgan fingerprint density at radius 1 is 1.11 bits per heavy atom. The van der Waals surface area contributed by atoms with Gasteiger partial charge in [-0.15, -0.1) is 0 Å². The summed E-state index contributed by atoms with van der Waals surface area (Å²) in [4.78, 5) is 30.3. The number of nitrogens with one attached hydrogen (secondary N) is 1. The molecule has 38 heavy (non-hydrogen) atoms. The van der Waals surface area contributed by atoms with Gasteiger partial charge in [0.05, 0.1) is 24.2 Å². The molecule has 0 aliphatic rings. The zero-order valence-corrected chi connectivity index (χ0v) is 24.3. The Hall–Kier alpha value is -3.50. The van der Waals surface area contributed by atoms with Crippen LogP contribution in [0.2, 0.25) is 0 Å². The van der Waals surface area contributed by atoms with Crippen molar-refractivity contribution in [1.82, 2.24) is 9.66 Å². The standard InChI is InChI=1S/C28H26Br2N4O4/c1-4-5-26-33-23-11-8-19(29)13-21(23)28(36)34(26)31-15-18-12-24(37-3)25(14-22(18)30)38-16-27(35)32-20-9-6-17(2)7-10-20/h6-15H,4-5,16H2,1-3H3,(H,32,35). The normalized spacial score (nSPS) is 11.2. The molecule has 1 aromatic heterocycles. The molecule has 10 heteroatoms. The van der Waals surface area contributed by atoms with Crippen LogP contribution in [0.3, 0.4) is 0 Å². The van der Waals surface area contributed by atoms with Crippen LogP contribution in [0.4, 0.5) is 5.69 Å². The number of anilines is 1. The van der Waals surface area contributed by atoms with E-state index in [0.717, 1.165) is 16.5 Å². The second-order valence-corrected chi connectivity index (χ2v) is 10.3. The van der Waals surface area contributed by atoms with Crippen LogP contribution in [0.1, 0.15) is 30.3 Å². The number of hydrogen-bond acceptors (Lipinski definition) is 6. The van der Waals surface area contributed by atoms with Crippen molar-refractivity contribution in [3.8, 4) is 11.5 Å². The molecule has 0 radical (unpaired) electrons. The molecule has 0 aliphatic heterocycles. The number of rotatable bonds is 9. The maximum atomic E-state index is 13.3. The number of benzene rings is 3. The quantitative estimate of drug-likeness (QED) is 0.223. The van der Waals surface area contributed by atoms with E-state index >= 15 is 0 Å². The van der Waals surface area contributed by atoms with Gasteiger partial charge in [0, 0.05) is 26.6 Å². The zero-order valence-electron chi connectivity index (χ0n) is 21.1. The highest BCUT2D eigenvalue weighted by molar-refractivity contribution is 9.10. The van der Waals surface area contributed by atoms with Gasteiger partial charge in [0.15, 0.2) is 18.1 Å². The van der Waals surface area contributed by atoms with Crippen molar-refractivity contribution in [2.24, 2.45) is 5.10 Å². The Labute approximate surface area is 236 Å². The van der Waals surface area contributed by atoms with Gasteiger partial charge in [-0.3, -0.25) is 9.59 Å². The van der Waals surface area contributed by atoms with Crippen LogP contribution in [-0.2, 0) is 11.2 Å². The molecular weight excluding hydrogens is 616 g/mol. The molecule has 8 nitrogen and oxygen atoms in total. The lowest BCUT2D eigenvalue weighted by Gasteiger charge is -2.13. The smallest absolute Gasteiger partial charge is 0.282 e. The first-order valence-corrected chi connectivity index (χ1v) is 13.5. The van der Waals surface area contributed by atoms with E-state index in [9.17, 15) is 9.59 Å². The van der Waals surface area contributed by atoms with Gasteiger partial charge in [0.1, 0.15) is 5.82 Å². The van der Waals surface area contributed by atoms with Gasteiger partial charge in [0.25, 0.3) is 11.5 Å². The van der Waals surface area contributed by atoms with Gasteiger partial charge >= 0.3 is 0 Å². The first kappa shape index (κ1) is 27.5. The second kappa shape index (κ2) is 12.4. The van der Waals surface area contributed by atoms with Gasteiger partial charge in [-0.25, -0.2) is 4.98 Å². The van der Waals surface area contributed by atoms with Crippen LogP contribution >= 0.6 is 31.9 Å². The lowest BCUT2D eigenvalue weighted by molar-refractivity contribution is -0.118. The lowest BCUT2D eigenvalue weighted by Crippen LogP contribution is -2.22. The maximum absolute atomic E-state index is 13.3. The molecule has 0 atom stereocenters. The molecule has 0 unspecified atom stereocenters. The fourth-order valence-corrected chi connectivity index (χ4v) is 4.50. The fraction of sp³-hybridized carbons (Fsp3) is 0.214. The number of methoxy groups -OCH3 is 1. The predicted molar refractivity (Wildman–Crippen MR) is 157 cm³/mol. The Kier molecular flexibility index (Phi) is 8.96. The Bertz CT molecular complexity index is 1570. The SMILES string of the molecule is CCCc1nc2ccc(Br)cc2c(=O)n1N=Cc1cc(OC)c(OCC(=O)Nc2ccc(C)cc2)cc1Br. The van der Waals surface area contributed by atoms with Crippen LogP contribution in [-0.4, -0.2) is 35.5 Å². The summed E-state index contributed by atoms with van der Waals surface area (Å²) in [5.74, 6) is 1.08. The number of amides is 1. The molecule has 1 amide bonds. The van der Waals surface area contributed by atoms with Crippen molar-refractivity contribution in [2.75, 3.05) is 19.0 Å². The van der Waals surface area contributed by atoms with Gasteiger partial charge in [-0.2, -0.15) is 9.78 Å². The van der Waals surface area contributed by atoms with Crippen molar-refractivity contribution in [1.29, 1.82) is 0 Å². The van der Waals surface area contributed by atoms with Crippen LogP contribution in [0.15, 0.2) is 73.4 Å². The number of nitrogens with zero attached hydrogens (tertiary/aromatic N) is 3. The Balaban J connectivity index is 1.57. The number of aryl methyl sites for hydroxylation is 2. The van der Waals surface area contributed by atoms with Crippen molar-refractivity contribution in [3.05, 3.63) is 90.8 Å². The predicted octanol–water partition coefficient (Wildman–Crippen LogP) is 6.09.